The smallest absolute Gasteiger partial charge is 0.261 e. The van der Waals surface area contributed by atoms with Gasteiger partial charge in [-0.3, -0.25) is 19.4 Å². The molecule has 1 aliphatic rings. The van der Waals surface area contributed by atoms with Crippen LogP contribution in [0.4, 0.5) is 5.69 Å². The van der Waals surface area contributed by atoms with E-state index in [1.807, 2.05) is 18.2 Å². The summed E-state index contributed by atoms with van der Waals surface area (Å²) in [5, 5.41) is 0. The monoisotopic (exact) mass is 552 g/mol. The second-order valence-corrected chi connectivity index (χ2v) is 11.7. The molecule has 0 radical (unpaired) electrons. The highest BCUT2D eigenvalue weighted by molar-refractivity contribution is 7.92. The van der Waals surface area contributed by atoms with Crippen LogP contribution in [-0.2, 0) is 21.3 Å². The Morgan fingerprint density at radius 2 is 1.79 bits per heavy atom. The number of aromatic nitrogens is 1. The number of rotatable bonds is 6. The molecule has 1 aliphatic heterocycles. The van der Waals surface area contributed by atoms with Crippen molar-refractivity contribution in [3.05, 3.63) is 84.2 Å². The Balaban J connectivity index is 1.66. The zero-order valence-electron chi connectivity index (χ0n) is 22.8. The zero-order valence-corrected chi connectivity index (χ0v) is 23.6. The number of ether oxygens (including phenoxy) is 2. The maximum absolute atomic E-state index is 13.5. The van der Waals surface area contributed by atoms with E-state index in [0.29, 0.717) is 36.6 Å². The van der Waals surface area contributed by atoms with Crippen molar-refractivity contribution >= 4 is 21.6 Å². The van der Waals surface area contributed by atoms with Crippen LogP contribution in [0.5, 0.6) is 5.75 Å². The summed E-state index contributed by atoms with van der Waals surface area (Å²) in [7, 11) is -0.408. The molecule has 1 amide bonds. The molecule has 2 aromatic carbocycles. The SMILES string of the molecule is CO[C@H]1CN(C)C(=O)c2ccc(NS(=O)(=O)c3ccccc3)cc2OC[C@@H](C)N(Cc2ccccn2)C[C@@H]1C. The fourth-order valence-corrected chi connectivity index (χ4v) is 5.71. The van der Waals surface area contributed by atoms with Crippen LogP contribution in [-0.4, -0.2) is 75.1 Å². The van der Waals surface area contributed by atoms with E-state index in [9.17, 15) is 13.2 Å². The number of pyridine rings is 1. The minimum Gasteiger partial charge on any atom is -0.491 e. The van der Waals surface area contributed by atoms with Gasteiger partial charge in [0.1, 0.15) is 12.4 Å². The highest BCUT2D eigenvalue weighted by Gasteiger charge is 2.29. The summed E-state index contributed by atoms with van der Waals surface area (Å²) in [6, 6.07) is 18.7. The Bertz CT molecular complexity index is 1350. The van der Waals surface area contributed by atoms with Gasteiger partial charge in [0, 0.05) is 52.1 Å². The lowest BCUT2D eigenvalue weighted by Crippen LogP contribution is -2.46. The number of fused-ring (bicyclic) bond motifs is 1. The van der Waals surface area contributed by atoms with Gasteiger partial charge in [0.05, 0.1) is 27.9 Å². The van der Waals surface area contributed by atoms with Crippen LogP contribution in [0, 0.1) is 5.92 Å². The van der Waals surface area contributed by atoms with Crippen LogP contribution in [0.1, 0.15) is 29.9 Å². The standard InChI is InChI=1S/C29H36N4O5S/c1-21-17-33(18-24-10-8-9-15-30-24)22(2)20-38-27-16-23(31-39(35,36)25-11-6-5-7-12-25)13-14-26(27)29(34)32(3)19-28(21)37-4/h5-16,21-22,28,31H,17-20H2,1-4H3/t21-,22+,28-/m0/s1. The van der Waals surface area contributed by atoms with Crippen molar-refractivity contribution in [3.8, 4) is 5.75 Å². The quantitative estimate of drug-likeness (QED) is 0.495. The number of sulfonamides is 1. The first-order chi connectivity index (χ1) is 18.7. The van der Waals surface area contributed by atoms with Crippen molar-refractivity contribution in [3.63, 3.8) is 0 Å². The molecular weight excluding hydrogens is 516 g/mol. The second-order valence-electron chi connectivity index (χ2n) is 9.98. The Labute approximate surface area is 230 Å². The number of likely N-dealkylation sites (N-methyl/N-ethyl adjacent to an activating group) is 1. The summed E-state index contributed by atoms with van der Waals surface area (Å²) in [6.45, 7) is 6.21. The third-order valence-corrected chi connectivity index (χ3v) is 8.37. The highest BCUT2D eigenvalue weighted by Crippen LogP contribution is 2.28. The fraction of sp³-hybridized carbons (Fsp3) is 0.379. The Kier molecular flexibility index (Phi) is 9.21. The molecule has 0 fully saturated rings. The van der Waals surface area contributed by atoms with Gasteiger partial charge in [-0.2, -0.15) is 0 Å². The molecule has 1 N–H and O–H groups in total. The van der Waals surface area contributed by atoms with Gasteiger partial charge in [-0.25, -0.2) is 8.42 Å². The van der Waals surface area contributed by atoms with E-state index in [1.54, 1.807) is 61.7 Å². The number of anilines is 1. The molecule has 208 valence electrons. The summed E-state index contributed by atoms with van der Waals surface area (Å²) in [4.78, 5) is 22.0. The number of hydrogen-bond donors (Lipinski definition) is 1. The normalized spacial score (nSPS) is 21.3. The summed E-state index contributed by atoms with van der Waals surface area (Å²) < 4.78 is 40.5. The van der Waals surface area contributed by atoms with Crippen LogP contribution >= 0.6 is 0 Å². The molecule has 0 saturated heterocycles. The molecule has 1 aromatic heterocycles. The number of amides is 1. The van der Waals surface area contributed by atoms with Gasteiger partial charge in [-0.05, 0) is 49.2 Å². The van der Waals surface area contributed by atoms with Crippen molar-refractivity contribution < 1.29 is 22.7 Å². The second kappa shape index (κ2) is 12.6. The van der Waals surface area contributed by atoms with Crippen molar-refractivity contribution in [2.24, 2.45) is 5.92 Å². The number of hydrogen-bond acceptors (Lipinski definition) is 7. The topological polar surface area (TPSA) is 101 Å². The van der Waals surface area contributed by atoms with Crippen molar-refractivity contribution in [1.82, 2.24) is 14.8 Å². The van der Waals surface area contributed by atoms with Gasteiger partial charge < -0.3 is 14.4 Å². The number of nitrogens with zero attached hydrogens (tertiary/aromatic N) is 3. The first-order valence-electron chi connectivity index (χ1n) is 12.9. The Morgan fingerprint density at radius 1 is 1.05 bits per heavy atom. The van der Waals surface area contributed by atoms with E-state index in [0.717, 1.165) is 5.69 Å². The van der Waals surface area contributed by atoms with Crippen LogP contribution < -0.4 is 9.46 Å². The van der Waals surface area contributed by atoms with Gasteiger partial charge in [0.15, 0.2) is 0 Å². The summed E-state index contributed by atoms with van der Waals surface area (Å²) in [6.07, 6.45) is 1.60. The predicted octanol–water partition coefficient (Wildman–Crippen LogP) is 3.89. The van der Waals surface area contributed by atoms with Crippen LogP contribution in [0.15, 0.2) is 77.8 Å². The van der Waals surface area contributed by atoms with Crippen LogP contribution in [0.25, 0.3) is 0 Å². The minimum absolute atomic E-state index is 0.0308. The van der Waals surface area contributed by atoms with Crippen LogP contribution in [0.2, 0.25) is 0 Å². The van der Waals surface area contributed by atoms with E-state index in [-0.39, 0.29) is 35.5 Å². The largest absolute Gasteiger partial charge is 0.491 e. The minimum atomic E-state index is -3.81. The lowest BCUT2D eigenvalue weighted by atomic mass is 10.0. The molecule has 3 aromatic rings. The van der Waals surface area contributed by atoms with E-state index in [1.165, 1.54) is 12.1 Å². The molecule has 10 heteroatoms. The lowest BCUT2D eigenvalue weighted by Gasteiger charge is -2.35. The van der Waals surface area contributed by atoms with E-state index in [4.69, 9.17) is 9.47 Å². The van der Waals surface area contributed by atoms with Crippen molar-refractivity contribution in [1.29, 1.82) is 0 Å². The van der Waals surface area contributed by atoms with Gasteiger partial charge in [0.2, 0.25) is 0 Å². The molecule has 0 unspecified atom stereocenters. The fourth-order valence-electron chi connectivity index (χ4n) is 4.64. The number of benzene rings is 2. The maximum Gasteiger partial charge on any atom is 0.261 e. The molecule has 0 bridgehead atoms. The lowest BCUT2D eigenvalue weighted by molar-refractivity contribution is 0.00901. The van der Waals surface area contributed by atoms with Gasteiger partial charge >= 0.3 is 0 Å². The molecule has 3 atom stereocenters. The first-order valence-corrected chi connectivity index (χ1v) is 14.4. The summed E-state index contributed by atoms with van der Waals surface area (Å²) in [5.41, 5.74) is 1.61. The van der Waals surface area contributed by atoms with Gasteiger partial charge in [0.25, 0.3) is 15.9 Å². The number of carbonyl (C=O) groups excluding carboxylic acids is 1. The average molecular weight is 553 g/mol. The third kappa shape index (κ3) is 7.14. The molecule has 4 rings (SSSR count). The first kappa shape index (κ1) is 28.5. The highest BCUT2D eigenvalue weighted by atomic mass is 32.2. The molecular formula is C29H36N4O5S. The number of methoxy groups -OCH3 is 1. The van der Waals surface area contributed by atoms with Crippen molar-refractivity contribution in [2.45, 2.75) is 37.4 Å². The molecule has 39 heavy (non-hydrogen) atoms. The van der Waals surface area contributed by atoms with Gasteiger partial charge in [-0.1, -0.05) is 31.2 Å². The van der Waals surface area contributed by atoms with E-state index >= 15 is 0 Å². The molecule has 9 nitrogen and oxygen atoms in total. The predicted molar refractivity (Wildman–Crippen MR) is 150 cm³/mol. The van der Waals surface area contributed by atoms with Crippen LogP contribution in [0.3, 0.4) is 0 Å². The molecule has 0 aliphatic carbocycles. The number of carbonyl (C=O) groups is 1. The Hall–Kier alpha value is -3.47. The maximum atomic E-state index is 13.5. The average Bonchev–Trinajstić information content (AvgIpc) is 2.94. The zero-order chi connectivity index (χ0) is 28.0. The molecule has 2 heterocycles. The summed E-state index contributed by atoms with van der Waals surface area (Å²) in [5.74, 6) is 0.215. The van der Waals surface area contributed by atoms with E-state index < -0.39 is 10.0 Å². The third-order valence-electron chi connectivity index (χ3n) is 6.97. The van der Waals surface area contributed by atoms with Crippen molar-refractivity contribution in [2.75, 3.05) is 38.6 Å². The van der Waals surface area contributed by atoms with Gasteiger partial charge in [-0.15, -0.1) is 0 Å². The molecule has 0 saturated carbocycles. The van der Waals surface area contributed by atoms with E-state index in [2.05, 4.69) is 28.5 Å². The Morgan fingerprint density at radius 3 is 2.49 bits per heavy atom. The molecule has 0 spiro atoms. The number of nitrogens with one attached hydrogen (secondary N) is 1. The summed E-state index contributed by atoms with van der Waals surface area (Å²) >= 11 is 0.